The van der Waals surface area contributed by atoms with Gasteiger partial charge < -0.3 is 20.9 Å². The molecule has 0 aliphatic rings. The summed E-state index contributed by atoms with van der Waals surface area (Å²) in [5.41, 5.74) is 1.71. The van der Waals surface area contributed by atoms with E-state index in [0.717, 1.165) is 25.3 Å². The topological polar surface area (TPSA) is 102 Å². The number of halogens is 2. The van der Waals surface area contributed by atoms with Gasteiger partial charge in [-0.3, -0.25) is 4.79 Å². The zero-order valence-corrected chi connectivity index (χ0v) is 12.4. The van der Waals surface area contributed by atoms with Crippen LogP contribution >= 0.6 is 0 Å². The summed E-state index contributed by atoms with van der Waals surface area (Å²) in [5, 5.41) is 11.5. The Balaban J connectivity index is 3.20. The lowest BCUT2D eigenvalue weighted by atomic mass is 9.99. The molecule has 0 unspecified atom stereocenters. The van der Waals surface area contributed by atoms with Gasteiger partial charge >= 0.3 is 5.97 Å². The average molecular weight is 316 g/mol. The van der Waals surface area contributed by atoms with Gasteiger partial charge in [0.05, 0.1) is 5.54 Å². The van der Waals surface area contributed by atoms with E-state index in [1.165, 1.54) is 13.8 Å². The maximum Gasteiger partial charge on any atom is 0.357 e. The number of hydrogen-bond donors (Lipinski definition) is 3. The molecule has 1 aromatic carbocycles. The Kier molecular flexibility index (Phi) is 5.21. The Morgan fingerprint density at radius 1 is 1.36 bits per heavy atom. The van der Waals surface area contributed by atoms with E-state index in [2.05, 4.69) is 5.32 Å². The third-order valence-electron chi connectivity index (χ3n) is 3.04. The predicted octanol–water partition coefficient (Wildman–Crippen LogP) is 0.788. The lowest BCUT2D eigenvalue weighted by molar-refractivity contribution is -0.170. The van der Waals surface area contributed by atoms with E-state index >= 15 is 0 Å². The minimum atomic E-state index is -2.26. The second-order valence-corrected chi connectivity index (χ2v) is 5.42. The van der Waals surface area contributed by atoms with Crippen LogP contribution in [0, 0.1) is 11.6 Å². The largest absolute Gasteiger partial charge is 0.478 e. The minimum absolute atomic E-state index is 0.251. The summed E-state index contributed by atoms with van der Waals surface area (Å²) >= 11 is 0. The molecular formula is C14H18F2N2O4. The molecule has 22 heavy (non-hydrogen) atoms. The molecule has 0 spiro atoms. The monoisotopic (exact) mass is 316 g/mol. The molecular weight excluding hydrogens is 298 g/mol. The van der Waals surface area contributed by atoms with Gasteiger partial charge in [0, 0.05) is 13.5 Å². The molecule has 0 saturated carbocycles. The lowest BCUT2D eigenvalue weighted by Crippen LogP contribution is -2.63. The van der Waals surface area contributed by atoms with Crippen molar-refractivity contribution in [2.24, 2.45) is 5.73 Å². The molecule has 1 rings (SSSR count). The quantitative estimate of drug-likeness (QED) is 0.674. The first-order chi connectivity index (χ1) is 10.0. The van der Waals surface area contributed by atoms with Gasteiger partial charge in [-0.2, -0.15) is 0 Å². The van der Waals surface area contributed by atoms with Crippen LogP contribution in [0.25, 0.3) is 0 Å². The molecule has 0 heterocycles. The number of ether oxygens (including phenoxy) is 1. The Labute approximate surface area is 126 Å². The van der Waals surface area contributed by atoms with Gasteiger partial charge in [0.2, 0.25) is 11.6 Å². The molecule has 0 bridgehead atoms. The van der Waals surface area contributed by atoms with Gasteiger partial charge in [-0.15, -0.1) is 0 Å². The third kappa shape index (κ3) is 3.99. The zero-order chi connectivity index (χ0) is 17.1. The molecule has 1 aromatic rings. The third-order valence-corrected chi connectivity index (χ3v) is 3.04. The molecule has 1 amide bonds. The highest BCUT2D eigenvalue weighted by molar-refractivity contribution is 5.90. The summed E-state index contributed by atoms with van der Waals surface area (Å²) in [5.74, 6) is -3.92. The summed E-state index contributed by atoms with van der Waals surface area (Å²) in [7, 11) is 1.04. The van der Waals surface area contributed by atoms with Gasteiger partial charge in [-0.1, -0.05) is 0 Å². The Morgan fingerprint density at radius 2 is 1.95 bits per heavy atom. The molecule has 4 N–H and O–H groups in total. The van der Waals surface area contributed by atoms with E-state index in [1.807, 2.05) is 0 Å². The SMILES string of the molecule is CO[C@@](Cc1cc(F)ccc1F)(NC(=O)C(C)(C)N)C(=O)O. The van der Waals surface area contributed by atoms with Crippen LogP contribution in [-0.2, 0) is 20.7 Å². The summed E-state index contributed by atoms with van der Waals surface area (Å²) in [6, 6.07) is 2.60. The number of benzene rings is 1. The van der Waals surface area contributed by atoms with Crippen molar-refractivity contribution in [2.75, 3.05) is 7.11 Å². The number of nitrogens with one attached hydrogen (secondary N) is 1. The van der Waals surface area contributed by atoms with Gasteiger partial charge in [0.25, 0.3) is 0 Å². The highest BCUT2D eigenvalue weighted by atomic mass is 19.1. The highest BCUT2D eigenvalue weighted by Crippen LogP contribution is 2.20. The Bertz CT molecular complexity index is 587. The molecule has 122 valence electrons. The second kappa shape index (κ2) is 6.37. The standard InChI is InChI=1S/C14H18F2N2O4/c1-13(2,17)11(19)18-14(22-3,12(20)21)7-8-6-9(15)4-5-10(8)16/h4-6H,7,17H2,1-3H3,(H,18,19)(H,20,21)/t14-/m1/s1. The number of carbonyl (C=O) groups is 2. The molecule has 0 aliphatic heterocycles. The molecule has 0 fully saturated rings. The van der Waals surface area contributed by atoms with E-state index < -0.39 is 41.2 Å². The van der Waals surface area contributed by atoms with Crippen molar-refractivity contribution in [3.63, 3.8) is 0 Å². The molecule has 6 nitrogen and oxygen atoms in total. The van der Waals surface area contributed by atoms with Crippen LogP contribution in [0.15, 0.2) is 18.2 Å². The number of methoxy groups -OCH3 is 1. The van der Waals surface area contributed by atoms with E-state index in [1.54, 1.807) is 0 Å². The van der Waals surface area contributed by atoms with Crippen molar-refractivity contribution in [1.29, 1.82) is 0 Å². The molecule has 0 radical (unpaired) electrons. The second-order valence-electron chi connectivity index (χ2n) is 5.42. The van der Waals surface area contributed by atoms with Gasteiger partial charge in [-0.25, -0.2) is 13.6 Å². The molecule has 0 aliphatic carbocycles. The maximum atomic E-state index is 13.7. The number of carboxylic acid groups (broad SMARTS) is 1. The summed E-state index contributed by atoms with van der Waals surface area (Å²) in [6.07, 6.45) is -0.607. The predicted molar refractivity (Wildman–Crippen MR) is 73.8 cm³/mol. The molecule has 0 saturated heterocycles. The number of rotatable bonds is 6. The zero-order valence-electron chi connectivity index (χ0n) is 12.4. The van der Waals surface area contributed by atoms with Crippen molar-refractivity contribution < 1.29 is 28.2 Å². The van der Waals surface area contributed by atoms with Crippen LogP contribution in [0.1, 0.15) is 19.4 Å². The summed E-state index contributed by atoms with van der Waals surface area (Å²) in [6.45, 7) is 2.74. The average Bonchev–Trinajstić information content (AvgIpc) is 2.40. The van der Waals surface area contributed by atoms with E-state index in [0.29, 0.717) is 0 Å². The van der Waals surface area contributed by atoms with Crippen LogP contribution in [0.2, 0.25) is 0 Å². The summed E-state index contributed by atoms with van der Waals surface area (Å²) in [4.78, 5) is 23.5. The van der Waals surface area contributed by atoms with Crippen molar-refractivity contribution in [2.45, 2.75) is 31.5 Å². The van der Waals surface area contributed by atoms with Crippen molar-refractivity contribution >= 4 is 11.9 Å². The first-order valence-electron chi connectivity index (χ1n) is 6.36. The van der Waals surface area contributed by atoms with Crippen LogP contribution < -0.4 is 11.1 Å². The van der Waals surface area contributed by atoms with Crippen LogP contribution in [-0.4, -0.2) is 35.4 Å². The van der Waals surface area contributed by atoms with Crippen LogP contribution in [0.3, 0.4) is 0 Å². The Hall–Kier alpha value is -2.06. The van der Waals surface area contributed by atoms with Crippen LogP contribution in [0.4, 0.5) is 8.78 Å². The van der Waals surface area contributed by atoms with E-state index in [4.69, 9.17) is 10.5 Å². The van der Waals surface area contributed by atoms with Gasteiger partial charge in [0.1, 0.15) is 11.6 Å². The molecule has 1 atom stereocenters. The highest BCUT2D eigenvalue weighted by Gasteiger charge is 2.43. The summed E-state index contributed by atoms with van der Waals surface area (Å²) < 4.78 is 31.8. The van der Waals surface area contributed by atoms with E-state index in [9.17, 15) is 23.5 Å². The van der Waals surface area contributed by atoms with Crippen molar-refractivity contribution in [3.05, 3.63) is 35.4 Å². The van der Waals surface area contributed by atoms with Crippen LogP contribution in [0.5, 0.6) is 0 Å². The van der Waals surface area contributed by atoms with Crippen molar-refractivity contribution in [1.82, 2.24) is 5.32 Å². The van der Waals surface area contributed by atoms with Crippen molar-refractivity contribution in [3.8, 4) is 0 Å². The lowest BCUT2D eigenvalue weighted by Gasteiger charge is -2.32. The smallest absolute Gasteiger partial charge is 0.357 e. The number of carboxylic acids is 1. The molecule has 8 heteroatoms. The normalized spacial score (nSPS) is 14.3. The number of carbonyl (C=O) groups excluding carboxylic acids is 1. The first kappa shape index (κ1) is 18.0. The number of nitrogens with two attached hydrogens (primary N) is 1. The number of hydrogen-bond acceptors (Lipinski definition) is 4. The molecule has 0 aromatic heterocycles. The van der Waals surface area contributed by atoms with E-state index in [-0.39, 0.29) is 5.56 Å². The fraction of sp³-hybridized carbons (Fsp3) is 0.429. The van der Waals surface area contributed by atoms with Gasteiger partial charge in [-0.05, 0) is 37.6 Å². The fourth-order valence-corrected chi connectivity index (χ4v) is 1.68. The first-order valence-corrected chi connectivity index (χ1v) is 6.36. The Morgan fingerprint density at radius 3 is 2.41 bits per heavy atom. The minimum Gasteiger partial charge on any atom is -0.478 e. The fourth-order valence-electron chi connectivity index (χ4n) is 1.68. The number of amides is 1. The number of aliphatic carboxylic acids is 1. The maximum absolute atomic E-state index is 13.7. The van der Waals surface area contributed by atoms with Gasteiger partial charge in [0.15, 0.2) is 0 Å².